The fraction of sp³-hybridized carbons (Fsp3) is 0.222. The lowest BCUT2D eigenvalue weighted by Crippen LogP contribution is -2.92. The van der Waals surface area contributed by atoms with Gasteiger partial charge in [-0.1, -0.05) is 42.5 Å². The third kappa shape index (κ3) is 5.10. The molecule has 0 aliphatic carbocycles. The molecule has 0 unspecified atom stereocenters. The Labute approximate surface area is 140 Å². The molecule has 3 N–H and O–H groups in total. The van der Waals surface area contributed by atoms with Gasteiger partial charge in [0.25, 0.3) is 0 Å². The van der Waals surface area contributed by atoms with E-state index in [0.717, 1.165) is 5.56 Å². The molecule has 2 rings (SSSR count). The SMILES string of the molecule is COc1ccccc1NC(=O)C[C@H]([NH2+]Cc1ccccc1)C(=O)[O-]. The van der Waals surface area contributed by atoms with Crippen molar-refractivity contribution in [3.05, 3.63) is 60.2 Å². The number of para-hydroxylation sites is 2. The monoisotopic (exact) mass is 328 g/mol. The second kappa shape index (κ2) is 8.69. The predicted octanol–water partition coefficient (Wildman–Crippen LogP) is -0.0941. The molecule has 1 amide bonds. The first-order valence-corrected chi connectivity index (χ1v) is 7.61. The minimum atomic E-state index is -1.26. The lowest BCUT2D eigenvalue weighted by molar-refractivity contribution is -0.697. The first kappa shape index (κ1) is 17.5. The van der Waals surface area contributed by atoms with E-state index in [4.69, 9.17) is 4.74 Å². The Bertz CT molecular complexity index is 688. The summed E-state index contributed by atoms with van der Waals surface area (Å²) in [5.74, 6) is -1.15. The van der Waals surface area contributed by atoms with Crippen LogP contribution in [0.15, 0.2) is 54.6 Å². The van der Waals surface area contributed by atoms with Crippen molar-refractivity contribution in [2.24, 2.45) is 0 Å². The summed E-state index contributed by atoms with van der Waals surface area (Å²) >= 11 is 0. The Balaban J connectivity index is 1.94. The molecular weight excluding hydrogens is 308 g/mol. The van der Waals surface area contributed by atoms with Crippen molar-refractivity contribution in [3.8, 4) is 5.75 Å². The fourth-order valence-electron chi connectivity index (χ4n) is 2.30. The summed E-state index contributed by atoms with van der Waals surface area (Å²) in [6, 6.07) is 15.4. The topological polar surface area (TPSA) is 95.1 Å². The number of methoxy groups -OCH3 is 1. The molecule has 0 heterocycles. The number of amides is 1. The fourth-order valence-corrected chi connectivity index (χ4v) is 2.30. The summed E-state index contributed by atoms with van der Waals surface area (Å²) in [5, 5.41) is 15.5. The first-order chi connectivity index (χ1) is 11.6. The number of nitrogens with one attached hydrogen (secondary N) is 1. The highest BCUT2D eigenvalue weighted by molar-refractivity contribution is 5.94. The molecule has 0 fully saturated rings. The maximum absolute atomic E-state index is 12.1. The summed E-state index contributed by atoms with van der Waals surface area (Å²) < 4.78 is 5.15. The van der Waals surface area contributed by atoms with Gasteiger partial charge < -0.3 is 25.3 Å². The summed E-state index contributed by atoms with van der Waals surface area (Å²) in [4.78, 5) is 23.4. The van der Waals surface area contributed by atoms with Gasteiger partial charge in [0.15, 0.2) is 0 Å². The molecule has 0 aromatic heterocycles. The molecule has 6 nitrogen and oxygen atoms in total. The largest absolute Gasteiger partial charge is 0.544 e. The van der Waals surface area contributed by atoms with E-state index in [9.17, 15) is 14.7 Å². The van der Waals surface area contributed by atoms with Crippen LogP contribution in [-0.2, 0) is 16.1 Å². The van der Waals surface area contributed by atoms with Crippen LogP contribution in [0.1, 0.15) is 12.0 Å². The number of benzene rings is 2. The molecular formula is C18H20N2O4. The van der Waals surface area contributed by atoms with E-state index in [2.05, 4.69) is 5.32 Å². The molecule has 24 heavy (non-hydrogen) atoms. The molecule has 126 valence electrons. The van der Waals surface area contributed by atoms with E-state index in [1.54, 1.807) is 29.6 Å². The molecule has 1 atom stereocenters. The van der Waals surface area contributed by atoms with Crippen LogP contribution in [-0.4, -0.2) is 25.0 Å². The number of rotatable bonds is 8. The molecule has 0 saturated heterocycles. The third-order valence-electron chi connectivity index (χ3n) is 3.57. The number of hydrogen-bond acceptors (Lipinski definition) is 4. The van der Waals surface area contributed by atoms with Crippen LogP contribution in [0.3, 0.4) is 0 Å². The van der Waals surface area contributed by atoms with Crippen LogP contribution in [0.4, 0.5) is 5.69 Å². The highest BCUT2D eigenvalue weighted by atomic mass is 16.5. The lowest BCUT2D eigenvalue weighted by Gasteiger charge is -2.17. The maximum atomic E-state index is 12.1. The molecule has 2 aromatic rings. The molecule has 6 heteroatoms. The van der Waals surface area contributed by atoms with Crippen molar-refractivity contribution < 1.29 is 24.7 Å². The number of quaternary nitrogens is 1. The van der Waals surface area contributed by atoms with Gasteiger partial charge >= 0.3 is 0 Å². The normalized spacial score (nSPS) is 11.5. The van der Waals surface area contributed by atoms with Gasteiger partial charge in [-0.05, 0) is 12.1 Å². The molecule has 0 radical (unpaired) electrons. The summed E-state index contributed by atoms with van der Waals surface area (Å²) in [7, 11) is 1.50. The maximum Gasteiger partial charge on any atom is 0.230 e. The zero-order chi connectivity index (χ0) is 17.4. The number of carbonyl (C=O) groups is 2. The van der Waals surface area contributed by atoms with E-state index in [-0.39, 0.29) is 6.42 Å². The summed E-state index contributed by atoms with van der Waals surface area (Å²) in [6.45, 7) is 0.460. The highest BCUT2D eigenvalue weighted by Crippen LogP contribution is 2.23. The predicted molar refractivity (Wildman–Crippen MR) is 87.1 cm³/mol. The minimum Gasteiger partial charge on any atom is -0.544 e. The van der Waals surface area contributed by atoms with Crippen LogP contribution in [0.5, 0.6) is 5.75 Å². The molecule has 0 aliphatic heterocycles. The number of carbonyl (C=O) groups excluding carboxylic acids is 2. The third-order valence-corrected chi connectivity index (χ3v) is 3.57. The average molecular weight is 328 g/mol. The number of nitrogens with two attached hydrogens (primary N) is 1. The quantitative estimate of drug-likeness (QED) is 0.708. The van der Waals surface area contributed by atoms with Crippen LogP contribution in [0.2, 0.25) is 0 Å². The van der Waals surface area contributed by atoms with Gasteiger partial charge in [0.1, 0.15) is 18.3 Å². The van der Waals surface area contributed by atoms with Gasteiger partial charge in [0.05, 0.1) is 25.2 Å². The van der Waals surface area contributed by atoms with Gasteiger partial charge in [-0.2, -0.15) is 0 Å². The number of ether oxygens (including phenoxy) is 1. The number of hydrogen-bond donors (Lipinski definition) is 2. The number of aliphatic carboxylic acids is 1. The average Bonchev–Trinajstić information content (AvgIpc) is 2.59. The Hall–Kier alpha value is -2.86. The van der Waals surface area contributed by atoms with Crippen LogP contribution < -0.4 is 20.5 Å². The Morgan fingerprint density at radius 1 is 1.12 bits per heavy atom. The zero-order valence-electron chi connectivity index (χ0n) is 13.4. The molecule has 2 aromatic carbocycles. The second-order valence-corrected chi connectivity index (χ2v) is 5.30. The lowest BCUT2D eigenvalue weighted by atomic mass is 10.1. The summed E-state index contributed by atoms with van der Waals surface area (Å²) in [5.41, 5.74) is 1.49. The van der Waals surface area contributed by atoms with E-state index >= 15 is 0 Å². The molecule has 0 saturated carbocycles. The van der Waals surface area contributed by atoms with Crippen molar-refractivity contribution in [3.63, 3.8) is 0 Å². The van der Waals surface area contributed by atoms with E-state index in [1.807, 2.05) is 30.3 Å². The highest BCUT2D eigenvalue weighted by Gasteiger charge is 2.19. The van der Waals surface area contributed by atoms with Crippen molar-refractivity contribution in [1.82, 2.24) is 0 Å². The van der Waals surface area contributed by atoms with Crippen molar-refractivity contribution in [2.75, 3.05) is 12.4 Å². The molecule has 0 aliphatic rings. The zero-order valence-corrected chi connectivity index (χ0v) is 13.4. The van der Waals surface area contributed by atoms with Crippen molar-refractivity contribution >= 4 is 17.6 Å². The van der Waals surface area contributed by atoms with Crippen LogP contribution >= 0.6 is 0 Å². The van der Waals surface area contributed by atoms with Gasteiger partial charge in [0.2, 0.25) is 5.91 Å². The number of anilines is 1. The van der Waals surface area contributed by atoms with Crippen LogP contribution in [0.25, 0.3) is 0 Å². The van der Waals surface area contributed by atoms with E-state index < -0.39 is 17.9 Å². The van der Waals surface area contributed by atoms with Gasteiger partial charge in [0, 0.05) is 5.56 Å². The van der Waals surface area contributed by atoms with Crippen molar-refractivity contribution in [1.29, 1.82) is 0 Å². The van der Waals surface area contributed by atoms with E-state index in [0.29, 0.717) is 18.0 Å². The van der Waals surface area contributed by atoms with Gasteiger partial charge in [-0.3, -0.25) is 4.79 Å². The van der Waals surface area contributed by atoms with Crippen LogP contribution in [0, 0.1) is 0 Å². The van der Waals surface area contributed by atoms with Crippen molar-refractivity contribution in [2.45, 2.75) is 19.0 Å². The first-order valence-electron chi connectivity index (χ1n) is 7.61. The molecule has 0 spiro atoms. The van der Waals surface area contributed by atoms with E-state index in [1.165, 1.54) is 7.11 Å². The Morgan fingerprint density at radius 3 is 2.46 bits per heavy atom. The Kier molecular flexibility index (Phi) is 6.33. The Morgan fingerprint density at radius 2 is 1.79 bits per heavy atom. The molecule has 0 bridgehead atoms. The second-order valence-electron chi connectivity index (χ2n) is 5.30. The summed E-state index contributed by atoms with van der Waals surface area (Å²) in [6.07, 6.45) is -0.187. The smallest absolute Gasteiger partial charge is 0.230 e. The van der Waals surface area contributed by atoms with Gasteiger partial charge in [-0.15, -0.1) is 0 Å². The standard InChI is InChI=1S/C18H20N2O4/c1-24-16-10-6-5-9-14(16)20-17(21)11-15(18(22)23)19-12-13-7-3-2-4-8-13/h2-10,15,19H,11-12H2,1H3,(H,20,21)(H,22,23)/t15-/m0/s1. The van der Waals surface area contributed by atoms with Gasteiger partial charge in [-0.25, -0.2) is 0 Å². The number of carboxylic acids is 1. The number of carboxylic acid groups (broad SMARTS) is 1. The minimum absolute atomic E-state index is 0.187.